The number of aryl methyl sites for hydroxylation is 1. The molecule has 2 unspecified atom stereocenters. The maximum atomic E-state index is 15.0. The number of methoxy groups -OCH3 is 1. The predicted molar refractivity (Wildman–Crippen MR) is 148 cm³/mol. The third-order valence-electron chi connectivity index (χ3n) is 9.56. The molecule has 246 valence electrons. The molecule has 2 fully saturated rings. The first kappa shape index (κ1) is 33.5. The van der Waals surface area contributed by atoms with E-state index in [1.807, 2.05) is 0 Å². The van der Waals surface area contributed by atoms with Crippen LogP contribution in [-0.2, 0) is 41.0 Å². The number of benzene rings is 2. The standard InChI is InChI=1S/C30H29ClF7NO5S/c1-44-26(41)18-4-2-17(3-5-18)25(40)39-15-14-27(45(42,43)22-10-8-21(31)9-11-22)23-12-7-20(16-19(23)6-13-24(27)39)28(32,29(33,34)35)30(36,37)38/h7-12,16-18,24H,2-6,13-15H2,1H3. The monoisotopic (exact) mass is 683 g/mol. The molecule has 0 bridgehead atoms. The van der Waals surface area contributed by atoms with Crippen LogP contribution < -0.4 is 0 Å². The van der Waals surface area contributed by atoms with E-state index in [1.54, 1.807) is 0 Å². The minimum absolute atomic E-state index is 0.0490. The van der Waals surface area contributed by atoms with Gasteiger partial charge in [0.05, 0.1) is 24.0 Å². The number of ether oxygens (including phenoxy) is 1. The first-order valence-electron chi connectivity index (χ1n) is 14.2. The van der Waals surface area contributed by atoms with E-state index >= 15 is 4.39 Å². The fraction of sp³-hybridized carbons (Fsp3) is 0.533. The van der Waals surface area contributed by atoms with E-state index in [0.717, 1.165) is 6.07 Å². The first-order valence-corrected chi connectivity index (χ1v) is 16.1. The highest BCUT2D eigenvalue weighted by Gasteiger charge is 2.74. The summed E-state index contributed by atoms with van der Waals surface area (Å²) in [7, 11) is -3.20. The van der Waals surface area contributed by atoms with Crippen LogP contribution in [-0.4, -0.2) is 57.2 Å². The van der Waals surface area contributed by atoms with Gasteiger partial charge in [0.2, 0.25) is 5.91 Å². The number of amides is 1. The van der Waals surface area contributed by atoms with Crippen molar-refractivity contribution in [1.82, 2.24) is 4.90 Å². The molecule has 2 aromatic carbocycles. The van der Waals surface area contributed by atoms with Crippen molar-refractivity contribution in [2.45, 2.75) is 78.7 Å². The van der Waals surface area contributed by atoms with Crippen LogP contribution in [0.1, 0.15) is 55.2 Å². The number of carbonyl (C=O) groups is 2. The molecule has 1 saturated heterocycles. The molecule has 2 aromatic rings. The van der Waals surface area contributed by atoms with E-state index in [-0.39, 0.29) is 64.6 Å². The summed E-state index contributed by atoms with van der Waals surface area (Å²) in [4.78, 5) is 27.1. The van der Waals surface area contributed by atoms with Crippen molar-refractivity contribution in [3.8, 4) is 0 Å². The minimum atomic E-state index is -6.34. The van der Waals surface area contributed by atoms with Gasteiger partial charge in [0, 0.05) is 23.0 Å². The van der Waals surface area contributed by atoms with Gasteiger partial charge in [-0.3, -0.25) is 9.59 Å². The molecule has 5 rings (SSSR count). The van der Waals surface area contributed by atoms with Crippen molar-refractivity contribution < 1.29 is 53.5 Å². The van der Waals surface area contributed by atoms with Gasteiger partial charge in [0.15, 0.2) is 9.84 Å². The quantitative estimate of drug-likeness (QED) is 0.255. The smallest absolute Gasteiger partial charge is 0.435 e. The molecule has 0 aromatic heterocycles. The van der Waals surface area contributed by atoms with Gasteiger partial charge >= 0.3 is 24.0 Å². The van der Waals surface area contributed by atoms with E-state index in [0.29, 0.717) is 37.8 Å². The summed E-state index contributed by atoms with van der Waals surface area (Å²) >= 11 is 5.97. The molecule has 1 heterocycles. The van der Waals surface area contributed by atoms with Crippen molar-refractivity contribution in [2.24, 2.45) is 11.8 Å². The number of sulfone groups is 1. The Morgan fingerprint density at radius 3 is 2.02 bits per heavy atom. The zero-order chi connectivity index (χ0) is 33.2. The van der Waals surface area contributed by atoms with Gasteiger partial charge < -0.3 is 9.64 Å². The Morgan fingerprint density at radius 1 is 0.889 bits per heavy atom. The van der Waals surface area contributed by atoms with E-state index in [4.69, 9.17) is 16.3 Å². The van der Waals surface area contributed by atoms with Gasteiger partial charge in [-0.1, -0.05) is 29.8 Å². The maximum Gasteiger partial charge on any atom is 0.435 e. The number of alkyl halides is 7. The third kappa shape index (κ3) is 5.19. The summed E-state index contributed by atoms with van der Waals surface area (Å²) in [5.41, 5.74) is -7.64. The van der Waals surface area contributed by atoms with Crippen molar-refractivity contribution in [3.05, 3.63) is 64.2 Å². The highest BCUT2D eigenvalue weighted by Crippen LogP contribution is 2.57. The SMILES string of the molecule is COC(=O)C1CCC(C(=O)N2CCC3(S(=O)(=O)c4ccc(Cl)cc4)c4ccc(C(F)(C(F)(F)F)C(F)(F)F)cc4CCC23)CC1. The lowest BCUT2D eigenvalue weighted by Crippen LogP contribution is -2.53. The highest BCUT2D eigenvalue weighted by molar-refractivity contribution is 7.92. The van der Waals surface area contributed by atoms with Crippen molar-refractivity contribution in [1.29, 1.82) is 0 Å². The van der Waals surface area contributed by atoms with Gasteiger partial charge in [0.25, 0.3) is 0 Å². The second kappa shape index (κ2) is 11.4. The Kier molecular flexibility index (Phi) is 8.51. The van der Waals surface area contributed by atoms with Gasteiger partial charge in [-0.15, -0.1) is 0 Å². The van der Waals surface area contributed by atoms with Crippen molar-refractivity contribution >= 4 is 33.3 Å². The molecule has 0 radical (unpaired) electrons. The van der Waals surface area contributed by atoms with Crippen LogP contribution in [0.4, 0.5) is 30.7 Å². The second-order valence-electron chi connectivity index (χ2n) is 11.8. The average Bonchev–Trinajstić information content (AvgIpc) is 3.40. The van der Waals surface area contributed by atoms with E-state index in [9.17, 15) is 44.3 Å². The number of likely N-dealkylation sites (tertiary alicyclic amines) is 1. The normalized spacial score (nSPS) is 25.8. The van der Waals surface area contributed by atoms with E-state index in [2.05, 4.69) is 0 Å². The van der Waals surface area contributed by atoms with E-state index in [1.165, 1.54) is 36.3 Å². The summed E-state index contributed by atoms with van der Waals surface area (Å²) in [6, 6.07) is 5.73. The van der Waals surface area contributed by atoms with Crippen molar-refractivity contribution in [3.63, 3.8) is 0 Å². The molecule has 3 aliphatic rings. The minimum Gasteiger partial charge on any atom is -0.469 e. The molecule has 0 N–H and O–H groups in total. The lowest BCUT2D eigenvalue weighted by Gasteiger charge is -2.44. The van der Waals surface area contributed by atoms with Crippen molar-refractivity contribution in [2.75, 3.05) is 13.7 Å². The maximum absolute atomic E-state index is 15.0. The number of nitrogens with zero attached hydrogens (tertiary/aromatic N) is 1. The van der Waals surface area contributed by atoms with Crippen LogP contribution in [0.5, 0.6) is 0 Å². The average molecular weight is 684 g/mol. The number of rotatable bonds is 5. The summed E-state index contributed by atoms with van der Waals surface area (Å²) in [5.74, 6) is -1.61. The molecule has 15 heteroatoms. The second-order valence-corrected chi connectivity index (χ2v) is 14.4. The van der Waals surface area contributed by atoms with Gasteiger partial charge in [0.1, 0.15) is 4.75 Å². The topological polar surface area (TPSA) is 80.8 Å². The number of fused-ring (bicyclic) bond motifs is 3. The Bertz CT molecular complexity index is 1570. The number of hydrogen-bond donors (Lipinski definition) is 0. The van der Waals surface area contributed by atoms with Gasteiger partial charge in [-0.05, 0) is 80.3 Å². The Morgan fingerprint density at radius 2 is 1.47 bits per heavy atom. The van der Waals surface area contributed by atoms with Crippen LogP contribution in [0.15, 0.2) is 47.4 Å². The lowest BCUT2D eigenvalue weighted by molar-refractivity contribution is -0.348. The van der Waals surface area contributed by atoms with Crippen LogP contribution >= 0.6 is 11.6 Å². The largest absolute Gasteiger partial charge is 0.469 e. The molecule has 6 nitrogen and oxygen atoms in total. The molecule has 45 heavy (non-hydrogen) atoms. The molecule has 0 spiro atoms. The zero-order valence-corrected chi connectivity index (χ0v) is 25.4. The highest BCUT2D eigenvalue weighted by atomic mass is 35.5. The molecule has 2 atom stereocenters. The molecule has 2 aliphatic carbocycles. The number of hydrogen-bond acceptors (Lipinski definition) is 5. The molecule has 1 aliphatic heterocycles. The molecular weight excluding hydrogens is 655 g/mol. The van der Waals surface area contributed by atoms with Crippen LogP contribution in [0, 0.1) is 11.8 Å². The fourth-order valence-corrected chi connectivity index (χ4v) is 9.79. The Labute approximate surface area is 259 Å². The Hall–Kier alpha value is -2.87. The van der Waals surface area contributed by atoms with Crippen LogP contribution in [0.2, 0.25) is 5.02 Å². The molecule has 1 saturated carbocycles. The lowest BCUT2D eigenvalue weighted by atomic mass is 9.76. The summed E-state index contributed by atoms with van der Waals surface area (Å²) < 4.78 is 128. The Balaban J connectivity index is 1.60. The van der Waals surface area contributed by atoms with E-state index < -0.39 is 50.1 Å². The predicted octanol–water partition coefficient (Wildman–Crippen LogP) is 6.83. The number of carbonyl (C=O) groups excluding carboxylic acids is 2. The van der Waals surface area contributed by atoms with Crippen LogP contribution in [0.25, 0.3) is 0 Å². The molecule has 1 amide bonds. The number of esters is 1. The fourth-order valence-electron chi connectivity index (χ4n) is 7.30. The van der Waals surface area contributed by atoms with Crippen LogP contribution in [0.3, 0.4) is 0 Å². The summed E-state index contributed by atoms with van der Waals surface area (Å²) in [5, 5.41) is 0.223. The third-order valence-corrected chi connectivity index (χ3v) is 12.4. The van der Waals surface area contributed by atoms with Gasteiger partial charge in [-0.2, -0.15) is 26.3 Å². The molecular formula is C30H29ClF7NO5S. The summed E-state index contributed by atoms with van der Waals surface area (Å²) in [6.07, 6.45) is -11.7. The number of halogens is 8. The summed E-state index contributed by atoms with van der Waals surface area (Å²) in [6.45, 7) is -0.0490. The zero-order valence-electron chi connectivity index (χ0n) is 23.9. The van der Waals surface area contributed by atoms with Gasteiger partial charge in [-0.25, -0.2) is 12.8 Å². The first-order chi connectivity index (χ1) is 20.9.